The summed E-state index contributed by atoms with van der Waals surface area (Å²) in [5.74, 6) is -18.5. The van der Waals surface area contributed by atoms with Crippen LogP contribution < -0.4 is 0 Å². The summed E-state index contributed by atoms with van der Waals surface area (Å²) >= 11 is 0. The van der Waals surface area contributed by atoms with Crippen molar-refractivity contribution < 1.29 is 108 Å². The number of rotatable bonds is 13. The number of alkyl halides is 17. The summed E-state index contributed by atoms with van der Waals surface area (Å²) in [6, 6.07) is 0. The van der Waals surface area contributed by atoms with Gasteiger partial charge >= 0.3 is 60.6 Å². The second-order valence-corrected chi connectivity index (χ2v) is 19.1. The van der Waals surface area contributed by atoms with Gasteiger partial charge in [0, 0.05) is 0 Å². The molecule has 0 aromatic rings. The third-order valence-corrected chi connectivity index (χ3v) is 14.3. The molecule has 0 heterocycles. The fourth-order valence-corrected chi connectivity index (χ4v) is 9.24. The third-order valence-electron chi connectivity index (χ3n) is 14.3. The van der Waals surface area contributed by atoms with Crippen LogP contribution >= 0.6 is 0 Å². The Morgan fingerprint density at radius 3 is 1.29 bits per heavy atom. The molecule has 382 valence electrons. The summed E-state index contributed by atoms with van der Waals surface area (Å²) in [6.07, 6.45) is -20.6. The van der Waals surface area contributed by atoms with Crippen LogP contribution in [0.2, 0.25) is 0 Å². The van der Waals surface area contributed by atoms with Crippen molar-refractivity contribution in [3.05, 3.63) is 0 Å². The molecule has 11 unspecified atom stereocenters. The van der Waals surface area contributed by atoms with Crippen LogP contribution in [0.15, 0.2) is 0 Å². The zero-order valence-electron chi connectivity index (χ0n) is 37.2. The molecular formula is C41H57F17O7. The molecule has 0 aromatic carbocycles. The van der Waals surface area contributed by atoms with E-state index in [9.17, 15) is 94.1 Å². The molecule has 65 heavy (non-hydrogen) atoms. The van der Waals surface area contributed by atoms with E-state index in [-0.39, 0.29) is 50.4 Å². The summed E-state index contributed by atoms with van der Waals surface area (Å²) in [5, 5.41) is 9.19. The van der Waals surface area contributed by atoms with Crippen molar-refractivity contribution in [1.82, 2.24) is 0 Å². The fraction of sp³-hybridized carbons (Fsp3) is 0.927. The molecule has 1 N–H and O–H groups in total. The molecule has 0 aromatic heterocycles. The van der Waals surface area contributed by atoms with Crippen molar-refractivity contribution in [2.75, 3.05) is 13.2 Å². The van der Waals surface area contributed by atoms with E-state index < -0.39 is 90.2 Å². The molecular weight excluding hydrogens is 927 g/mol. The van der Waals surface area contributed by atoms with Crippen molar-refractivity contribution in [2.24, 2.45) is 70.5 Å². The third kappa shape index (κ3) is 11.2. The lowest BCUT2D eigenvalue weighted by Gasteiger charge is -2.44. The molecule has 4 aliphatic rings. The molecule has 24 heteroatoms. The highest BCUT2D eigenvalue weighted by Crippen LogP contribution is 2.57. The van der Waals surface area contributed by atoms with Crippen molar-refractivity contribution in [2.45, 2.75) is 155 Å². The van der Waals surface area contributed by atoms with Gasteiger partial charge in [0.15, 0.2) is 17.6 Å². The van der Waals surface area contributed by atoms with Crippen molar-refractivity contribution in [3.63, 3.8) is 0 Å². The van der Waals surface area contributed by atoms with Gasteiger partial charge in [-0.2, -0.15) is 65.9 Å². The minimum absolute atomic E-state index is 0.0261. The maximum Gasteiger partial charge on any atom is 0.430 e. The SMILES string of the molecule is CC(C)COC(=O)C1CC2CC1C(C)C2C.CC1C2CC(C(=O)OCC(F)(F)C(F)(F)C(F)(F)C(F)F)C(C2)C1C.CCC(C)(C(=O)OC(C)(C)C(O)(C(F)(F)F)C(F)(F)F)C(F)(F)F. The Balaban J connectivity index is 0.000000343. The Hall–Kier alpha value is -2.82. The first kappa shape index (κ1) is 58.3. The molecule has 4 aliphatic carbocycles. The lowest BCUT2D eigenvalue weighted by Crippen LogP contribution is -2.70. The van der Waals surface area contributed by atoms with Crippen LogP contribution in [0.25, 0.3) is 0 Å². The average molecular weight is 985 g/mol. The first-order chi connectivity index (χ1) is 28.9. The molecule has 0 aliphatic heterocycles. The normalized spacial score (nSPS) is 29.4. The van der Waals surface area contributed by atoms with Crippen LogP contribution in [0.1, 0.15) is 101 Å². The Labute approximate surface area is 365 Å². The number of hydrogen-bond donors (Lipinski definition) is 1. The van der Waals surface area contributed by atoms with E-state index in [2.05, 4.69) is 37.2 Å². The first-order valence-corrected chi connectivity index (χ1v) is 20.8. The van der Waals surface area contributed by atoms with Gasteiger partial charge < -0.3 is 19.3 Å². The van der Waals surface area contributed by atoms with Crippen LogP contribution in [0.4, 0.5) is 74.6 Å². The van der Waals surface area contributed by atoms with Crippen LogP contribution in [0.3, 0.4) is 0 Å². The van der Waals surface area contributed by atoms with Crippen molar-refractivity contribution in [3.8, 4) is 0 Å². The minimum atomic E-state index is -6.37. The number of aliphatic hydroxyl groups is 1. The Morgan fingerprint density at radius 2 is 1.00 bits per heavy atom. The van der Waals surface area contributed by atoms with Crippen LogP contribution in [0.5, 0.6) is 0 Å². The highest BCUT2D eigenvalue weighted by Gasteiger charge is 2.79. The molecule has 0 spiro atoms. The molecule has 0 saturated heterocycles. The summed E-state index contributed by atoms with van der Waals surface area (Å²) < 4.78 is 231. The highest BCUT2D eigenvalue weighted by atomic mass is 19.4. The minimum Gasteiger partial charge on any atom is -0.465 e. The van der Waals surface area contributed by atoms with E-state index in [1.807, 2.05) is 13.8 Å². The Kier molecular flexibility index (Phi) is 17.6. The maximum atomic E-state index is 13.4. The van der Waals surface area contributed by atoms with Gasteiger partial charge in [-0.15, -0.1) is 0 Å². The fourth-order valence-electron chi connectivity index (χ4n) is 9.24. The smallest absolute Gasteiger partial charge is 0.430 e. The van der Waals surface area contributed by atoms with Crippen LogP contribution in [-0.2, 0) is 28.6 Å². The van der Waals surface area contributed by atoms with E-state index in [0.717, 1.165) is 25.2 Å². The monoisotopic (exact) mass is 984 g/mol. The number of carbonyl (C=O) groups is 3. The lowest BCUT2D eigenvalue weighted by atomic mass is 9.76. The lowest BCUT2D eigenvalue weighted by molar-refractivity contribution is -0.408. The van der Waals surface area contributed by atoms with Gasteiger partial charge in [0.2, 0.25) is 0 Å². The molecule has 4 rings (SSSR count). The molecule has 4 bridgehead atoms. The van der Waals surface area contributed by atoms with Gasteiger partial charge in [-0.05, 0) is 106 Å². The number of fused-ring (bicyclic) bond motifs is 4. The molecule has 4 fully saturated rings. The summed E-state index contributed by atoms with van der Waals surface area (Å²) in [6.45, 7) is 12.0. The number of ether oxygens (including phenoxy) is 3. The summed E-state index contributed by atoms with van der Waals surface area (Å²) in [4.78, 5) is 35.5. The van der Waals surface area contributed by atoms with E-state index in [1.54, 1.807) is 0 Å². The average Bonchev–Trinajstić information content (AvgIpc) is 3.93. The molecule has 0 radical (unpaired) electrons. The zero-order chi connectivity index (χ0) is 51.2. The second-order valence-electron chi connectivity index (χ2n) is 19.1. The van der Waals surface area contributed by atoms with Gasteiger partial charge in [0.25, 0.3) is 5.60 Å². The molecule has 7 nitrogen and oxygen atoms in total. The zero-order valence-corrected chi connectivity index (χ0v) is 37.2. The quantitative estimate of drug-likeness (QED) is 0.111. The van der Waals surface area contributed by atoms with E-state index in [0.29, 0.717) is 43.1 Å². The standard InChI is InChI=1S/C15H18F8O2.C14H24O2.C12H15F9O3/c1-6-7(2)9-3-8(6)4-10(9)11(24)25-5-13(18,19)15(22,23)14(20,21)12(16)17;1-8(2)7-16-14(15)13-6-11-5-12(13)10(4)9(11)3;1-5-8(4,10(13,14)15)6(22)24-7(2,3)9(23,11(16,17)18)12(19,20)21/h6-10,12H,3-5H2,1-2H3;8-13H,5-7H2,1-4H3;23H,5H2,1-4H3. The van der Waals surface area contributed by atoms with E-state index in [1.165, 1.54) is 6.42 Å². The second kappa shape index (κ2) is 19.7. The first-order valence-electron chi connectivity index (χ1n) is 20.8. The van der Waals surface area contributed by atoms with Gasteiger partial charge in [-0.1, -0.05) is 48.5 Å². The van der Waals surface area contributed by atoms with Crippen molar-refractivity contribution >= 4 is 17.9 Å². The maximum absolute atomic E-state index is 13.4. The van der Waals surface area contributed by atoms with E-state index >= 15 is 0 Å². The van der Waals surface area contributed by atoms with E-state index in [4.69, 9.17) is 4.74 Å². The molecule has 4 saturated carbocycles. The van der Waals surface area contributed by atoms with Crippen molar-refractivity contribution in [1.29, 1.82) is 0 Å². The predicted molar refractivity (Wildman–Crippen MR) is 195 cm³/mol. The number of carbonyl (C=O) groups excluding carboxylic acids is 3. The topological polar surface area (TPSA) is 99.1 Å². The summed E-state index contributed by atoms with van der Waals surface area (Å²) in [7, 11) is 0. The van der Waals surface area contributed by atoms with Gasteiger partial charge in [-0.3, -0.25) is 14.4 Å². The molecule has 0 amide bonds. The number of hydrogen-bond acceptors (Lipinski definition) is 7. The van der Waals surface area contributed by atoms with Gasteiger partial charge in [0.1, 0.15) is 0 Å². The van der Waals surface area contributed by atoms with Crippen LogP contribution in [-0.4, -0.2) is 90.2 Å². The number of halogens is 17. The largest absolute Gasteiger partial charge is 0.465 e. The Morgan fingerprint density at radius 1 is 0.615 bits per heavy atom. The number of esters is 3. The van der Waals surface area contributed by atoms with Gasteiger partial charge in [0.05, 0.1) is 18.4 Å². The van der Waals surface area contributed by atoms with Crippen LogP contribution in [0, 0.1) is 70.5 Å². The Bertz CT molecular complexity index is 1630. The van der Waals surface area contributed by atoms with Gasteiger partial charge in [-0.25, -0.2) is 8.78 Å². The molecule has 11 atom stereocenters. The highest BCUT2D eigenvalue weighted by molar-refractivity contribution is 5.78. The summed E-state index contributed by atoms with van der Waals surface area (Å²) in [5.41, 5.74) is -12.7. The predicted octanol–water partition coefficient (Wildman–Crippen LogP) is 11.9.